The largest absolute Gasteiger partial charge is 0.355 e. The van der Waals surface area contributed by atoms with Gasteiger partial charge in [-0.3, -0.25) is 4.79 Å². The quantitative estimate of drug-likeness (QED) is 0.493. The molecule has 1 amide bonds. The second-order valence-electron chi connectivity index (χ2n) is 4.05. The van der Waals surface area contributed by atoms with Crippen molar-refractivity contribution >= 4 is 5.91 Å². The van der Waals surface area contributed by atoms with Crippen molar-refractivity contribution in [3.63, 3.8) is 0 Å². The van der Waals surface area contributed by atoms with Gasteiger partial charge in [0, 0.05) is 25.6 Å². The van der Waals surface area contributed by atoms with Gasteiger partial charge in [0.15, 0.2) is 0 Å². The Morgan fingerprint density at radius 2 is 2.07 bits per heavy atom. The van der Waals surface area contributed by atoms with Crippen molar-refractivity contribution in [3.8, 4) is 0 Å². The molecule has 0 saturated heterocycles. The number of hydrogen-bond acceptors (Lipinski definition) is 2. The molecule has 0 aromatic rings. The van der Waals surface area contributed by atoms with E-state index in [1.807, 2.05) is 0 Å². The molecule has 0 heterocycles. The van der Waals surface area contributed by atoms with E-state index in [4.69, 9.17) is 0 Å². The molecule has 2 N–H and O–H groups in total. The Kier molecular flexibility index (Phi) is 4.66. The van der Waals surface area contributed by atoms with Gasteiger partial charge >= 0.3 is 0 Å². The standard InChI is InChI=1S/C11H20N2O/c1-9(2)5-6-12-7-8-13-11(14)10-3-4-10/h5,10,12H,3-4,6-8H2,1-2H3,(H,13,14). The van der Waals surface area contributed by atoms with E-state index in [0.29, 0.717) is 5.92 Å². The summed E-state index contributed by atoms with van der Waals surface area (Å²) in [6.45, 7) is 6.64. The number of nitrogens with one attached hydrogen (secondary N) is 2. The first-order chi connectivity index (χ1) is 6.70. The van der Waals surface area contributed by atoms with Gasteiger partial charge < -0.3 is 10.6 Å². The van der Waals surface area contributed by atoms with E-state index in [1.165, 1.54) is 5.57 Å². The van der Waals surface area contributed by atoms with Gasteiger partial charge in [-0.05, 0) is 26.7 Å². The van der Waals surface area contributed by atoms with E-state index in [2.05, 4.69) is 30.6 Å². The van der Waals surface area contributed by atoms with E-state index in [9.17, 15) is 4.79 Å². The predicted octanol–water partition coefficient (Wildman–Crippen LogP) is 1.07. The molecule has 1 aliphatic carbocycles. The van der Waals surface area contributed by atoms with Crippen LogP contribution in [0.4, 0.5) is 0 Å². The van der Waals surface area contributed by atoms with Crippen molar-refractivity contribution in [2.75, 3.05) is 19.6 Å². The lowest BCUT2D eigenvalue weighted by molar-refractivity contribution is -0.122. The third kappa shape index (κ3) is 5.02. The van der Waals surface area contributed by atoms with Crippen LogP contribution in [0.25, 0.3) is 0 Å². The highest BCUT2D eigenvalue weighted by Gasteiger charge is 2.28. The van der Waals surface area contributed by atoms with Crippen LogP contribution in [0.5, 0.6) is 0 Å². The van der Waals surface area contributed by atoms with E-state index < -0.39 is 0 Å². The summed E-state index contributed by atoms with van der Waals surface area (Å²) in [6.07, 6.45) is 4.30. The molecule has 0 radical (unpaired) electrons. The normalized spacial score (nSPS) is 15.0. The van der Waals surface area contributed by atoms with Gasteiger partial charge in [0.1, 0.15) is 0 Å². The third-order valence-electron chi connectivity index (χ3n) is 2.20. The van der Waals surface area contributed by atoms with Crippen LogP contribution in [0.3, 0.4) is 0 Å². The number of rotatable bonds is 6. The number of hydrogen-bond donors (Lipinski definition) is 2. The van der Waals surface area contributed by atoms with Gasteiger partial charge in [0.25, 0.3) is 0 Å². The topological polar surface area (TPSA) is 41.1 Å². The molecule has 1 aliphatic rings. The van der Waals surface area contributed by atoms with Crippen LogP contribution in [-0.2, 0) is 4.79 Å². The number of amides is 1. The molecule has 0 aromatic carbocycles. The molecule has 80 valence electrons. The summed E-state index contributed by atoms with van der Waals surface area (Å²) in [5.41, 5.74) is 1.32. The maximum absolute atomic E-state index is 11.2. The first kappa shape index (κ1) is 11.2. The number of allylic oxidation sites excluding steroid dienone is 1. The Hall–Kier alpha value is -0.830. The number of carbonyl (C=O) groups is 1. The van der Waals surface area contributed by atoms with Gasteiger partial charge in [0.2, 0.25) is 5.91 Å². The van der Waals surface area contributed by atoms with Crippen molar-refractivity contribution in [2.45, 2.75) is 26.7 Å². The third-order valence-corrected chi connectivity index (χ3v) is 2.20. The molecule has 3 nitrogen and oxygen atoms in total. The zero-order valence-electron chi connectivity index (χ0n) is 9.10. The summed E-state index contributed by atoms with van der Waals surface area (Å²) in [6, 6.07) is 0. The fourth-order valence-corrected chi connectivity index (χ4v) is 1.14. The van der Waals surface area contributed by atoms with Crippen molar-refractivity contribution in [2.24, 2.45) is 5.92 Å². The summed E-state index contributed by atoms with van der Waals surface area (Å²) in [5, 5.41) is 6.15. The molecule has 3 heteroatoms. The smallest absolute Gasteiger partial charge is 0.223 e. The molecule has 1 fully saturated rings. The predicted molar refractivity (Wildman–Crippen MR) is 58.0 cm³/mol. The van der Waals surface area contributed by atoms with Crippen LogP contribution in [0.1, 0.15) is 26.7 Å². The monoisotopic (exact) mass is 196 g/mol. The zero-order chi connectivity index (χ0) is 10.4. The molecular formula is C11H20N2O. The van der Waals surface area contributed by atoms with Crippen molar-refractivity contribution < 1.29 is 4.79 Å². The molecule has 14 heavy (non-hydrogen) atoms. The van der Waals surface area contributed by atoms with E-state index in [0.717, 1.165) is 32.5 Å². The first-order valence-corrected chi connectivity index (χ1v) is 5.32. The summed E-state index contributed by atoms with van der Waals surface area (Å²) in [7, 11) is 0. The minimum Gasteiger partial charge on any atom is -0.355 e. The summed E-state index contributed by atoms with van der Waals surface area (Å²) in [4.78, 5) is 11.2. The highest BCUT2D eigenvalue weighted by molar-refractivity contribution is 5.80. The van der Waals surface area contributed by atoms with E-state index in [1.54, 1.807) is 0 Å². The van der Waals surface area contributed by atoms with Gasteiger partial charge in [-0.15, -0.1) is 0 Å². The molecule has 1 saturated carbocycles. The van der Waals surface area contributed by atoms with Crippen LogP contribution in [-0.4, -0.2) is 25.5 Å². The maximum Gasteiger partial charge on any atom is 0.223 e. The Morgan fingerprint density at radius 1 is 1.36 bits per heavy atom. The fourth-order valence-electron chi connectivity index (χ4n) is 1.14. The van der Waals surface area contributed by atoms with E-state index in [-0.39, 0.29) is 5.91 Å². The zero-order valence-corrected chi connectivity index (χ0v) is 9.10. The van der Waals surface area contributed by atoms with Crippen molar-refractivity contribution in [1.82, 2.24) is 10.6 Å². The average molecular weight is 196 g/mol. The van der Waals surface area contributed by atoms with E-state index >= 15 is 0 Å². The van der Waals surface area contributed by atoms with Crippen molar-refractivity contribution in [3.05, 3.63) is 11.6 Å². The van der Waals surface area contributed by atoms with Crippen LogP contribution in [0.15, 0.2) is 11.6 Å². The molecule has 0 aliphatic heterocycles. The molecule has 0 atom stereocenters. The lowest BCUT2D eigenvalue weighted by atomic mass is 10.3. The summed E-state index contributed by atoms with van der Waals surface area (Å²) < 4.78 is 0. The Balaban J connectivity index is 1.88. The summed E-state index contributed by atoms with van der Waals surface area (Å²) in [5.74, 6) is 0.557. The summed E-state index contributed by atoms with van der Waals surface area (Å²) >= 11 is 0. The first-order valence-electron chi connectivity index (χ1n) is 5.32. The Morgan fingerprint density at radius 3 is 2.64 bits per heavy atom. The Labute approximate surface area is 86.0 Å². The Bertz CT molecular complexity index is 215. The van der Waals surface area contributed by atoms with Crippen LogP contribution >= 0.6 is 0 Å². The van der Waals surface area contributed by atoms with Gasteiger partial charge in [-0.25, -0.2) is 0 Å². The van der Waals surface area contributed by atoms with Gasteiger partial charge in [0.05, 0.1) is 0 Å². The molecule has 0 bridgehead atoms. The minimum atomic E-state index is 0.231. The van der Waals surface area contributed by atoms with Gasteiger partial charge in [-0.1, -0.05) is 11.6 Å². The molecule has 0 aromatic heterocycles. The maximum atomic E-state index is 11.2. The fraction of sp³-hybridized carbons (Fsp3) is 0.727. The SMILES string of the molecule is CC(C)=CCNCCNC(=O)C1CC1. The lowest BCUT2D eigenvalue weighted by Gasteiger charge is -2.04. The molecule has 0 spiro atoms. The second-order valence-corrected chi connectivity index (χ2v) is 4.05. The second kappa shape index (κ2) is 5.81. The van der Waals surface area contributed by atoms with Crippen LogP contribution in [0, 0.1) is 5.92 Å². The minimum absolute atomic E-state index is 0.231. The molecule has 1 rings (SSSR count). The average Bonchev–Trinajstić information content (AvgIpc) is 2.92. The highest BCUT2D eigenvalue weighted by Crippen LogP contribution is 2.28. The van der Waals surface area contributed by atoms with Gasteiger partial charge in [-0.2, -0.15) is 0 Å². The number of carbonyl (C=O) groups excluding carboxylic acids is 1. The lowest BCUT2D eigenvalue weighted by Crippen LogP contribution is -2.32. The molecular weight excluding hydrogens is 176 g/mol. The highest BCUT2D eigenvalue weighted by atomic mass is 16.2. The van der Waals surface area contributed by atoms with Crippen LogP contribution < -0.4 is 10.6 Å². The van der Waals surface area contributed by atoms with Crippen molar-refractivity contribution in [1.29, 1.82) is 0 Å². The molecule has 0 unspecified atom stereocenters. The van der Waals surface area contributed by atoms with Crippen LogP contribution in [0.2, 0.25) is 0 Å².